The number of nitrogens with two attached hydrogens (primary N) is 1. The van der Waals surface area contributed by atoms with Gasteiger partial charge >= 0.3 is 10.3 Å². The van der Waals surface area contributed by atoms with Gasteiger partial charge in [-0.15, -0.1) is 11.3 Å². The van der Waals surface area contributed by atoms with Crippen LogP contribution in [-0.2, 0) is 24.7 Å². The minimum absolute atomic E-state index is 0.00652. The molecule has 0 unspecified atom stereocenters. The molecule has 0 bridgehead atoms. The number of piperazine rings is 1. The fourth-order valence-corrected chi connectivity index (χ4v) is 6.50. The number of thioether (sulfide) groups is 1. The van der Waals surface area contributed by atoms with Gasteiger partial charge in [0.2, 0.25) is 0 Å². The van der Waals surface area contributed by atoms with E-state index in [9.17, 15) is 22.6 Å². The van der Waals surface area contributed by atoms with E-state index in [1.807, 2.05) is 4.90 Å². The number of hydrogen-bond acceptors (Lipinski definition) is 13. The third kappa shape index (κ3) is 6.57. The molecular weight excluding hydrogens is 542 g/mol. The molecule has 3 heterocycles. The number of aromatic nitrogens is 1. The lowest BCUT2D eigenvalue weighted by molar-refractivity contribution is -0.143. The Morgan fingerprint density at radius 2 is 2.11 bits per heavy atom. The lowest BCUT2D eigenvalue weighted by Gasteiger charge is -2.44. The summed E-state index contributed by atoms with van der Waals surface area (Å²) in [5.74, 6) is -1.82. The SMILES string of the molecule is CO/N=C(\C(=O)N[C@@H]1C(=O)N(S(=O)(=O)O)[C@@H]1CSC(=S)N1CCN(CCO)CC1)c1csc(N)n1. The third-order valence-corrected chi connectivity index (χ3v) is 8.54. The quantitative estimate of drug-likeness (QED) is 0.0860. The van der Waals surface area contributed by atoms with Crippen molar-refractivity contribution in [1.29, 1.82) is 0 Å². The molecule has 0 radical (unpaired) electrons. The van der Waals surface area contributed by atoms with Gasteiger partial charge in [0.15, 0.2) is 10.8 Å². The first-order valence-corrected chi connectivity index (χ1v) is 13.9. The topological polar surface area (TPSA) is 191 Å². The maximum Gasteiger partial charge on any atom is 0.362 e. The number of β-lactam (4-membered cyclic amide) rings is 1. The normalized spacial score (nSPS) is 21.6. The van der Waals surface area contributed by atoms with Gasteiger partial charge in [0.25, 0.3) is 11.8 Å². The van der Waals surface area contributed by atoms with Crippen molar-refractivity contribution < 1.29 is 32.5 Å². The van der Waals surface area contributed by atoms with Crippen molar-refractivity contribution in [3.05, 3.63) is 11.1 Å². The van der Waals surface area contributed by atoms with E-state index in [-0.39, 0.29) is 28.9 Å². The Bertz CT molecular complexity index is 1090. The number of carbonyl (C=O) groups is 2. The van der Waals surface area contributed by atoms with Crippen LogP contribution in [-0.4, -0.2) is 123 Å². The van der Waals surface area contributed by atoms with E-state index in [0.717, 1.165) is 23.1 Å². The van der Waals surface area contributed by atoms with Crippen molar-refractivity contribution in [2.24, 2.45) is 5.16 Å². The van der Waals surface area contributed by atoms with Gasteiger partial charge in [-0.25, -0.2) is 9.29 Å². The molecule has 2 aliphatic rings. The van der Waals surface area contributed by atoms with Gasteiger partial charge in [-0.2, -0.15) is 8.42 Å². The Morgan fingerprint density at radius 1 is 1.43 bits per heavy atom. The first kappa shape index (κ1) is 27.5. The van der Waals surface area contributed by atoms with Crippen molar-refractivity contribution in [2.75, 3.05) is 57.9 Å². The molecule has 1 aromatic heterocycles. The molecule has 2 saturated heterocycles. The van der Waals surface area contributed by atoms with Crippen LogP contribution in [0.25, 0.3) is 0 Å². The number of nitrogen functional groups attached to an aromatic ring is 1. The van der Waals surface area contributed by atoms with Crippen molar-refractivity contribution in [2.45, 2.75) is 12.1 Å². The van der Waals surface area contributed by atoms with Gasteiger partial charge in [0.1, 0.15) is 23.2 Å². The summed E-state index contributed by atoms with van der Waals surface area (Å²) in [6.45, 7) is 3.32. The van der Waals surface area contributed by atoms with Gasteiger partial charge in [-0.3, -0.25) is 19.0 Å². The molecule has 0 spiro atoms. The number of thiocarbonyl (C=S) groups is 1. The molecule has 0 saturated carbocycles. The number of hydrogen-bond donors (Lipinski definition) is 4. The first-order valence-electron chi connectivity index (χ1n) is 10.3. The summed E-state index contributed by atoms with van der Waals surface area (Å²) in [5, 5.41) is 16.8. The number of aliphatic hydroxyl groups is 1. The van der Waals surface area contributed by atoms with Crippen molar-refractivity contribution in [1.82, 2.24) is 24.4 Å². The van der Waals surface area contributed by atoms with Crippen LogP contribution < -0.4 is 11.1 Å². The monoisotopic (exact) mass is 567 g/mol. The van der Waals surface area contributed by atoms with Crippen LogP contribution in [0.4, 0.5) is 5.13 Å². The number of carbonyl (C=O) groups excluding carboxylic acids is 2. The highest BCUT2D eigenvalue weighted by Crippen LogP contribution is 2.28. The van der Waals surface area contributed by atoms with Gasteiger partial charge in [0.05, 0.1) is 12.6 Å². The summed E-state index contributed by atoms with van der Waals surface area (Å²) < 4.78 is 33.9. The van der Waals surface area contributed by atoms with Crippen molar-refractivity contribution in [3.63, 3.8) is 0 Å². The highest BCUT2D eigenvalue weighted by molar-refractivity contribution is 8.22. The lowest BCUT2D eigenvalue weighted by Crippen LogP contribution is -2.73. The Hall–Kier alpha value is -2.09. The zero-order valence-electron chi connectivity index (χ0n) is 18.6. The molecule has 3 rings (SSSR count). The molecule has 18 heteroatoms. The van der Waals surface area contributed by atoms with Gasteiger partial charge in [-0.1, -0.05) is 29.1 Å². The Morgan fingerprint density at radius 3 is 2.66 bits per heavy atom. The number of nitrogens with one attached hydrogen (secondary N) is 1. The molecule has 0 aromatic carbocycles. The number of nitrogens with zero attached hydrogens (tertiary/aromatic N) is 5. The Labute approximate surface area is 215 Å². The molecular formula is C17H25N7O7S4. The van der Waals surface area contributed by atoms with Crippen LogP contribution in [0.5, 0.6) is 0 Å². The van der Waals surface area contributed by atoms with Crippen molar-refractivity contribution in [3.8, 4) is 0 Å². The Balaban J connectivity index is 1.67. The minimum Gasteiger partial charge on any atom is -0.398 e. The van der Waals surface area contributed by atoms with Crippen LogP contribution in [0.1, 0.15) is 5.69 Å². The summed E-state index contributed by atoms with van der Waals surface area (Å²) in [7, 11) is -3.63. The third-order valence-electron chi connectivity index (χ3n) is 5.29. The maximum atomic E-state index is 12.8. The van der Waals surface area contributed by atoms with E-state index in [1.165, 1.54) is 12.5 Å². The summed E-state index contributed by atoms with van der Waals surface area (Å²) in [4.78, 5) is 38.0. The standard InChI is InChI=1S/C17H25N7O7S4/c1-31-21-12(10-8-33-16(18)19-10)14(26)20-13-11(24(15(13)27)35(28,29)30)9-34-17(32)23-4-2-22(3-5-23)6-7-25/h8,11,13,25H,2-7,9H2,1H3,(H2,18,19)(H,20,26)(H,28,29,30)/b21-12-/t11-,13+/m1/s1. The van der Waals surface area contributed by atoms with Crippen LogP contribution in [0, 0.1) is 0 Å². The average molecular weight is 568 g/mol. The van der Waals surface area contributed by atoms with Crippen LogP contribution in [0.3, 0.4) is 0 Å². The van der Waals surface area contributed by atoms with Crippen molar-refractivity contribution >= 4 is 72.6 Å². The highest BCUT2D eigenvalue weighted by Gasteiger charge is 2.54. The number of anilines is 1. The largest absolute Gasteiger partial charge is 0.398 e. The van der Waals surface area contributed by atoms with Gasteiger partial charge in [0, 0.05) is 43.9 Å². The molecule has 14 nitrogen and oxygen atoms in total. The molecule has 5 N–H and O–H groups in total. The molecule has 2 amide bonds. The van der Waals surface area contributed by atoms with Gasteiger partial charge in [-0.05, 0) is 0 Å². The Kier molecular flexibility index (Phi) is 9.24. The second-order valence-electron chi connectivity index (χ2n) is 7.45. The summed E-state index contributed by atoms with van der Waals surface area (Å²) in [6.07, 6.45) is 0. The number of aliphatic hydroxyl groups excluding tert-OH is 1. The molecule has 194 valence electrons. The minimum atomic E-state index is -4.85. The van der Waals surface area contributed by atoms with E-state index >= 15 is 0 Å². The fourth-order valence-electron chi connectivity index (χ4n) is 3.57. The predicted octanol–water partition coefficient (Wildman–Crippen LogP) is -1.80. The smallest absolute Gasteiger partial charge is 0.362 e. The fraction of sp³-hybridized carbons (Fsp3) is 0.588. The zero-order chi connectivity index (χ0) is 25.8. The van der Waals surface area contributed by atoms with Crippen LogP contribution in [0.15, 0.2) is 10.5 Å². The van der Waals surface area contributed by atoms with E-state index in [2.05, 4.69) is 20.4 Å². The van der Waals surface area contributed by atoms with Gasteiger partial charge < -0.3 is 25.9 Å². The molecule has 0 aliphatic carbocycles. The van der Waals surface area contributed by atoms with E-state index < -0.39 is 34.2 Å². The van der Waals surface area contributed by atoms with E-state index in [1.54, 1.807) is 0 Å². The highest BCUT2D eigenvalue weighted by atomic mass is 32.2. The van der Waals surface area contributed by atoms with E-state index in [0.29, 0.717) is 41.3 Å². The number of oxime groups is 1. The molecule has 1 aromatic rings. The molecule has 2 aliphatic heterocycles. The zero-order valence-corrected chi connectivity index (χ0v) is 21.8. The predicted molar refractivity (Wildman–Crippen MR) is 134 cm³/mol. The number of β-amino-alcohol motifs (C(OH)–C–C–N with tert-alkyl or cyclic N) is 1. The van der Waals surface area contributed by atoms with E-state index in [4.69, 9.17) is 27.9 Å². The maximum absolute atomic E-state index is 12.8. The molecule has 2 fully saturated rings. The van der Waals surface area contributed by atoms with Crippen LogP contribution >= 0.6 is 35.3 Å². The van der Waals surface area contributed by atoms with Crippen LogP contribution in [0.2, 0.25) is 0 Å². The summed E-state index contributed by atoms with van der Waals surface area (Å²) >= 11 is 7.67. The number of amides is 2. The lowest BCUT2D eigenvalue weighted by atomic mass is 10.0. The second kappa shape index (κ2) is 11.8. The first-order chi connectivity index (χ1) is 16.6. The number of thiazole rings is 1. The average Bonchev–Trinajstić information content (AvgIpc) is 3.23. The summed E-state index contributed by atoms with van der Waals surface area (Å²) in [5.41, 5.74) is 5.48. The summed E-state index contributed by atoms with van der Waals surface area (Å²) in [6, 6.07) is -2.33. The second-order valence-corrected chi connectivity index (χ2v) is 11.3. The molecule has 2 atom stereocenters. The number of rotatable bonds is 9. The molecule has 35 heavy (non-hydrogen) atoms.